The van der Waals surface area contributed by atoms with Gasteiger partial charge in [-0.15, -0.1) is 0 Å². The fraction of sp³-hybridized carbons (Fsp3) is 0.478. The highest BCUT2D eigenvalue weighted by molar-refractivity contribution is 5.80. The highest BCUT2D eigenvalue weighted by Gasteiger charge is 2.34. The van der Waals surface area contributed by atoms with E-state index in [4.69, 9.17) is 0 Å². The number of halogens is 1. The molecule has 0 radical (unpaired) electrons. The van der Waals surface area contributed by atoms with E-state index in [1.54, 1.807) is 6.07 Å². The molecule has 4 rings (SSSR count). The van der Waals surface area contributed by atoms with Crippen LogP contribution < -0.4 is 10.6 Å². The summed E-state index contributed by atoms with van der Waals surface area (Å²) < 4.78 is 14.0. The minimum absolute atomic E-state index is 0.00550. The third kappa shape index (κ3) is 5.12. The van der Waals surface area contributed by atoms with Crippen molar-refractivity contribution < 1.29 is 9.18 Å². The van der Waals surface area contributed by atoms with Gasteiger partial charge in [0.25, 0.3) is 0 Å². The molecule has 0 saturated carbocycles. The Morgan fingerprint density at radius 1 is 1.03 bits per heavy atom. The van der Waals surface area contributed by atoms with Crippen LogP contribution in [-0.4, -0.2) is 42.0 Å². The number of aryl methyl sites for hydroxylation is 1. The van der Waals surface area contributed by atoms with Crippen molar-refractivity contribution in [3.05, 3.63) is 59.5 Å². The van der Waals surface area contributed by atoms with Crippen LogP contribution in [0.5, 0.6) is 0 Å². The summed E-state index contributed by atoms with van der Waals surface area (Å²) in [6.07, 6.45) is 5.11. The maximum atomic E-state index is 14.0. The Bertz CT molecular complexity index is 848. The molecule has 5 nitrogen and oxygen atoms in total. The van der Waals surface area contributed by atoms with E-state index in [-0.39, 0.29) is 23.7 Å². The average Bonchev–Trinajstić information content (AvgIpc) is 2.74. The van der Waals surface area contributed by atoms with Crippen LogP contribution >= 0.6 is 0 Å². The normalized spacial score (nSPS) is 20.2. The Balaban J connectivity index is 1.40. The first-order chi connectivity index (χ1) is 14.1. The second-order valence-corrected chi connectivity index (χ2v) is 8.37. The number of fused-ring (bicyclic) bond motifs is 2. The van der Waals surface area contributed by atoms with Crippen molar-refractivity contribution in [1.82, 2.24) is 15.2 Å². The van der Waals surface area contributed by atoms with Gasteiger partial charge < -0.3 is 10.6 Å². The Morgan fingerprint density at radius 2 is 1.86 bits per heavy atom. The molecule has 6 heteroatoms. The zero-order valence-corrected chi connectivity index (χ0v) is 16.8. The lowest BCUT2D eigenvalue weighted by Crippen LogP contribution is -2.47. The molecule has 2 aliphatic heterocycles. The monoisotopic (exact) mass is 396 g/mol. The molecule has 0 aliphatic carbocycles. The van der Waals surface area contributed by atoms with Crippen molar-refractivity contribution in [2.45, 2.75) is 38.6 Å². The Hall–Kier alpha value is -2.47. The zero-order valence-electron chi connectivity index (χ0n) is 16.8. The lowest BCUT2D eigenvalue weighted by atomic mass is 9.74. The van der Waals surface area contributed by atoms with Crippen molar-refractivity contribution in [2.75, 3.05) is 31.5 Å². The molecule has 3 heterocycles. The van der Waals surface area contributed by atoms with E-state index < -0.39 is 0 Å². The van der Waals surface area contributed by atoms with Crippen LogP contribution in [-0.2, 0) is 17.8 Å². The number of hydrogen-bond donors (Lipinski definition) is 2. The number of rotatable bonds is 2. The number of anilines is 1. The van der Waals surface area contributed by atoms with Crippen LogP contribution in [0, 0.1) is 11.2 Å². The predicted octanol–water partition coefficient (Wildman–Crippen LogP) is 3.37. The molecule has 0 unspecified atom stereocenters. The smallest absolute Gasteiger partial charge is 0.239 e. The number of carbonyl (C=O) groups excluding carboxylic acids is 1. The van der Waals surface area contributed by atoms with Gasteiger partial charge in [-0.05, 0) is 68.8 Å². The van der Waals surface area contributed by atoms with Crippen molar-refractivity contribution in [3.63, 3.8) is 0 Å². The number of benzene rings is 1. The molecule has 1 spiro atoms. The number of likely N-dealkylation sites (tertiary alicyclic amines) is 1. The summed E-state index contributed by atoms with van der Waals surface area (Å²) in [6.45, 7) is 3.45. The fourth-order valence-corrected chi connectivity index (χ4v) is 4.45. The second-order valence-electron chi connectivity index (χ2n) is 8.37. The molecule has 1 fully saturated rings. The molecule has 2 N–H and O–H groups in total. The molecule has 1 saturated heterocycles. The van der Waals surface area contributed by atoms with Crippen LogP contribution in [0.2, 0.25) is 0 Å². The van der Waals surface area contributed by atoms with Crippen molar-refractivity contribution in [3.8, 4) is 0 Å². The maximum Gasteiger partial charge on any atom is 0.239 e. The van der Waals surface area contributed by atoms with E-state index in [1.807, 2.05) is 24.3 Å². The van der Waals surface area contributed by atoms with Gasteiger partial charge in [0, 0.05) is 24.3 Å². The first-order valence-corrected chi connectivity index (χ1v) is 10.5. The number of pyridine rings is 1. The molecule has 2 aromatic rings. The van der Waals surface area contributed by atoms with Gasteiger partial charge in [0.1, 0.15) is 11.6 Å². The first kappa shape index (κ1) is 19.8. The number of nitrogens with zero attached hydrogens (tertiary/aromatic N) is 2. The van der Waals surface area contributed by atoms with Crippen LogP contribution in [0.3, 0.4) is 0 Å². The quantitative estimate of drug-likeness (QED) is 0.817. The molecular formula is C23H29FN4O. The molecule has 0 atom stereocenters. The summed E-state index contributed by atoms with van der Waals surface area (Å²) in [6, 6.07) is 13.0. The molecule has 29 heavy (non-hydrogen) atoms. The van der Waals surface area contributed by atoms with E-state index in [9.17, 15) is 9.18 Å². The third-order valence-corrected chi connectivity index (χ3v) is 6.31. The Morgan fingerprint density at radius 3 is 2.69 bits per heavy atom. The summed E-state index contributed by atoms with van der Waals surface area (Å²) in [4.78, 5) is 19.2. The third-order valence-electron chi connectivity index (χ3n) is 6.31. The summed E-state index contributed by atoms with van der Waals surface area (Å²) in [5.41, 5.74) is 1.94. The van der Waals surface area contributed by atoms with Gasteiger partial charge in [0.15, 0.2) is 0 Å². The first-order valence-electron chi connectivity index (χ1n) is 10.5. The summed E-state index contributed by atoms with van der Waals surface area (Å²) in [5, 5.41) is 6.25. The molecule has 2 aliphatic rings. The molecule has 1 aromatic heterocycles. The Labute approximate surface area is 171 Å². The topological polar surface area (TPSA) is 57.3 Å². The van der Waals surface area contributed by atoms with E-state index >= 15 is 0 Å². The summed E-state index contributed by atoms with van der Waals surface area (Å²) >= 11 is 0. The van der Waals surface area contributed by atoms with E-state index in [2.05, 4.69) is 26.6 Å². The number of aromatic nitrogens is 1. The Kier molecular flexibility index (Phi) is 6.09. The van der Waals surface area contributed by atoms with Gasteiger partial charge in [-0.25, -0.2) is 9.37 Å². The predicted molar refractivity (Wildman–Crippen MR) is 112 cm³/mol. The maximum absolute atomic E-state index is 14.0. The lowest BCUT2D eigenvalue weighted by Gasteiger charge is -2.42. The molecule has 1 aromatic carbocycles. The van der Waals surface area contributed by atoms with Gasteiger partial charge >= 0.3 is 0 Å². The molecule has 1 amide bonds. The van der Waals surface area contributed by atoms with E-state index in [0.717, 1.165) is 62.3 Å². The zero-order chi connectivity index (χ0) is 20.1. The summed E-state index contributed by atoms with van der Waals surface area (Å²) in [7, 11) is 0. The van der Waals surface area contributed by atoms with Crippen molar-refractivity contribution in [1.29, 1.82) is 0 Å². The average molecular weight is 397 g/mol. The highest BCUT2D eigenvalue weighted by atomic mass is 19.1. The minimum Gasteiger partial charge on any atom is -0.361 e. The van der Waals surface area contributed by atoms with E-state index in [1.165, 1.54) is 6.07 Å². The highest BCUT2D eigenvalue weighted by Crippen LogP contribution is 2.36. The number of hydrogen-bond acceptors (Lipinski definition) is 4. The molecule has 154 valence electrons. The standard InChI is InChI=1S/C23H29FN4O/c24-20-8-2-1-5-18(20)16-28-13-11-23(12-14-28)10-4-7-19-6-3-9-21(27-19)25-15-22(29)26-17-23/h1-3,5-6,8-9H,4,7,10-17H2,(H,25,27)(H,26,29). The molecular weight excluding hydrogens is 367 g/mol. The van der Waals surface area contributed by atoms with Gasteiger partial charge in [-0.1, -0.05) is 24.3 Å². The molecule has 2 bridgehead atoms. The fourth-order valence-electron chi connectivity index (χ4n) is 4.45. The van der Waals surface area contributed by atoms with Gasteiger partial charge in [-0.3, -0.25) is 9.69 Å². The largest absolute Gasteiger partial charge is 0.361 e. The van der Waals surface area contributed by atoms with Gasteiger partial charge in [-0.2, -0.15) is 0 Å². The number of carbonyl (C=O) groups is 1. The second kappa shape index (κ2) is 8.91. The lowest BCUT2D eigenvalue weighted by molar-refractivity contribution is -0.120. The van der Waals surface area contributed by atoms with Crippen molar-refractivity contribution >= 4 is 11.7 Å². The van der Waals surface area contributed by atoms with Crippen molar-refractivity contribution in [2.24, 2.45) is 5.41 Å². The number of amides is 1. The number of piperidine rings is 1. The van der Waals surface area contributed by atoms with Crippen LogP contribution in [0.4, 0.5) is 10.2 Å². The number of nitrogens with one attached hydrogen (secondary N) is 2. The van der Waals surface area contributed by atoms with Crippen LogP contribution in [0.15, 0.2) is 42.5 Å². The van der Waals surface area contributed by atoms with Gasteiger partial charge in [0.2, 0.25) is 5.91 Å². The van der Waals surface area contributed by atoms with E-state index in [0.29, 0.717) is 13.1 Å². The van der Waals surface area contributed by atoms with Gasteiger partial charge in [0.05, 0.1) is 6.54 Å². The van der Waals surface area contributed by atoms with Crippen LogP contribution in [0.1, 0.15) is 36.9 Å². The summed E-state index contributed by atoms with van der Waals surface area (Å²) in [5.74, 6) is 0.633. The minimum atomic E-state index is -0.131. The van der Waals surface area contributed by atoms with Crippen LogP contribution in [0.25, 0.3) is 0 Å². The SMILES string of the molecule is O=C1CNc2cccc(n2)CCCC2(CCN(Cc3ccccc3F)CC2)CN1.